The van der Waals surface area contributed by atoms with Crippen LogP contribution in [0.3, 0.4) is 0 Å². The Morgan fingerprint density at radius 1 is 1.18 bits per heavy atom. The Balaban J connectivity index is 0.00000441. The summed E-state index contributed by atoms with van der Waals surface area (Å²) in [6.45, 7) is 8.44. The van der Waals surface area contributed by atoms with Crippen LogP contribution in [0.25, 0.3) is 0 Å². The van der Waals surface area contributed by atoms with Crippen LogP contribution in [0.4, 0.5) is 5.82 Å². The Labute approximate surface area is 151 Å². The molecule has 1 aromatic rings. The second-order valence-corrected chi connectivity index (χ2v) is 5.52. The smallest absolute Gasteiger partial charge is 0.191 e. The van der Waals surface area contributed by atoms with E-state index in [-0.39, 0.29) is 24.0 Å². The summed E-state index contributed by atoms with van der Waals surface area (Å²) in [6.07, 6.45) is 3.99. The van der Waals surface area contributed by atoms with Crippen LogP contribution in [0.5, 0.6) is 0 Å². The number of rotatable bonds is 8. The number of nitrogens with one attached hydrogen (secondary N) is 3. The topological polar surface area (TPSA) is 61.3 Å². The van der Waals surface area contributed by atoms with Crippen LogP contribution in [-0.4, -0.2) is 37.1 Å². The maximum Gasteiger partial charge on any atom is 0.191 e. The Kier molecular flexibility index (Phi) is 11.9. The zero-order valence-corrected chi connectivity index (χ0v) is 16.4. The number of halogens is 1. The van der Waals surface area contributed by atoms with E-state index < -0.39 is 0 Å². The molecule has 1 unspecified atom stereocenters. The normalized spacial score (nSPS) is 12.5. The number of hydrogen-bond donors (Lipinski definition) is 3. The van der Waals surface area contributed by atoms with E-state index in [4.69, 9.17) is 0 Å². The predicted molar refractivity (Wildman–Crippen MR) is 106 cm³/mol. The predicted octanol–water partition coefficient (Wildman–Crippen LogP) is 3.10. The average Bonchev–Trinajstić information content (AvgIpc) is 2.50. The third kappa shape index (κ3) is 9.07. The molecular formula is C16H30IN5. The molecule has 1 atom stereocenters. The van der Waals surface area contributed by atoms with Gasteiger partial charge in [-0.05, 0) is 37.8 Å². The van der Waals surface area contributed by atoms with E-state index in [9.17, 15) is 0 Å². The maximum absolute atomic E-state index is 4.24. The summed E-state index contributed by atoms with van der Waals surface area (Å²) in [5.74, 6) is 2.41. The zero-order valence-electron chi connectivity index (χ0n) is 14.1. The maximum atomic E-state index is 4.24. The van der Waals surface area contributed by atoms with Crippen molar-refractivity contribution >= 4 is 35.8 Å². The van der Waals surface area contributed by atoms with Gasteiger partial charge >= 0.3 is 0 Å². The third-order valence-electron chi connectivity index (χ3n) is 3.46. The van der Waals surface area contributed by atoms with Gasteiger partial charge in [0.1, 0.15) is 5.82 Å². The van der Waals surface area contributed by atoms with Crippen molar-refractivity contribution in [2.24, 2.45) is 10.9 Å². The largest absolute Gasteiger partial charge is 0.370 e. The Hall–Kier alpha value is -1.05. The molecule has 0 amide bonds. The van der Waals surface area contributed by atoms with Gasteiger partial charge < -0.3 is 16.0 Å². The zero-order chi connectivity index (χ0) is 15.5. The minimum atomic E-state index is 0. The van der Waals surface area contributed by atoms with Gasteiger partial charge in [-0.3, -0.25) is 4.99 Å². The highest BCUT2D eigenvalue weighted by Crippen LogP contribution is 2.00. The van der Waals surface area contributed by atoms with Crippen molar-refractivity contribution in [2.45, 2.75) is 39.7 Å². The SMILES string of the molecule is CN=C(NCCCCNc1ccccn1)NC(C)C(C)C.I. The summed E-state index contributed by atoms with van der Waals surface area (Å²) in [4.78, 5) is 8.48. The summed E-state index contributed by atoms with van der Waals surface area (Å²) < 4.78 is 0. The van der Waals surface area contributed by atoms with Gasteiger partial charge in [0.15, 0.2) is 5.96 Å². The number of anilines is 1. The van der Waals surface area contributed by atoms with Crippen LogP contribution < -0.4 is 16.0 Å². The number of hydrogen-bond acceptors (Lipinski definition) is 3. The fourth-order valence-electron chi connectivity index (χ4n) is 1.72. The second-order valence-electron chi connectivity index (χ2n) is 5.52. The molecule has 0 aliphatic rings. The minimum Gasteiger partial charge on any atom is -0.370 e. The molecule has 3 N–H and O–H groups in total. The van der Waals surface area contributed by atoms with Crippen LogP contribution in [0.1, 0.15) is 33.6 Å². The standard InChI is InChI=1S/C16H29N5.HI/c1-13(2)14(3)21-16(17-4)20-12-8-7-11-19-15-9-5-6-10-18-15;/h5-6,9-10,13-14H,7-8,11-12H2,1-4H3,(H,18,19)(H2,17,20,21);1H. The monoisotopic (exact) mass is 419 g/mol. The molecule has 1 heterocycles. The molecule has 1 rings (SSSR count). The first kappa shape index (κ1) is 20.9. The number of aliphatic imine (C=N–C) groups is 1. The Morgan fingerprint density at radius 2 is 1.91 bits per heavy atom. The molecule has 0 saturated heterocycles. The molecule has 0 fully saturated rings. The van der Waals surface area contributed by atoms with Crippen molar-refractivity contribution in [2.75, 3.05) is 25.5 Å². The molecule has 0 spiro atoms. The number of nitrogens with zero attached hydrogens (tertiary/aromatic N) is 2. The molecular weight excluding hydrogens is 389 g/mol. The first-order chi connectivity index (χ1) is 10.1. The van der Waals surface area contributed by atoms with Crippen LogP contribution in [0.2, 0.25) is 0 Å². The molecule has 6 heteroatoms. The van der Waals surface area contributed by atoms with E-state index in [0.717, 1.165) is 37.7 Å². The highest BCUT2D eigenvalue weighted by atomic mass is 127. The molecule has 0 aromatic carbocycles. The lowest BCUT2D eigenvalue weighted by Crippen LogP contribution is -2.44. The molecule has 22 heavy (non-hydrogen) atoms. The fourth-order valence-corrected chi connectivity index (χ4v) is 1.72. The molecule has 0 saturated carbocycles. The summed E-state index contributed by atoms with van der Waals surface area (Å²) in [5.41, 5.74) is 0. The van der Waals surface area contributed by atoms with Crippen molar-refractivity contribution in [3.63, 3.8) is 0 Å². The number of unbranched alkanes of at least 4 members (excludes halogenated alkanes) is 1. The molecule has 0 radical (unpaired) electrons. The van der Waals surface area contributed by atoms with Crippen LogP contribution >= 0.6 is 24.0 Å². The van der Waals surface area contributed by atoms with Crippen molar-refractivity contribution in [3.05, 3.63) is 24.4 Å². The van der Waals surface area contributed by atoms with Crippen LogP contribution in [0.15, 0.2) is 29.4 Å². The highest BCUT2D eigenvalue weighted by Gasteiger charge is 2.08. The van der Waals surface area contributed by atoms with E-state index in [2.05, 4.69) is 46.7 Å². The number of guanidine groups is 1. The molecule has 0 aliphatic heterocycles. The first-order valence-electron chi connectivity index (χ1n) is 7.75. The molecule has 1 aromatic heterocycles. The van der Waals surface area contributed by atoms with Crippen LogP contribution in [0, 0.1) is 5.92 Å². The first-order valence-corrected chi connectivity index (χ1v) is 7.75. The van der Waals surface area contributed by atoms with Gasteiger partial charge in [-0.25, -0.2) is 4.98 Å². The van der Waals surface area contributed by atoms with Gasteiger partial charge in [0, 0.05) is 32.4 Å². The van der Waals surface area contributed by atoms with Crippen molar-refractivity contribution < 1.29 is 0 Å². The molecule has 0 aliphatic carbocycles. The lowest BCUT2D eigenvalue weighted by Gasteiger charge is -2.20. The number of pyridine rings is 1. The summed E-state index contributed by atoms with van der Waals surface area (Å²) in [6, 6.07) is 6.31. The van der Waals surface area contributed by atoms with E-state index >= 15 is 0 Å². The second kappa shape index (κ2) is 12.5. The van der Waals surface area contributed by atoms with Gasteiger partial charge in [0.2, 0.25) is 0 Å². The van der Waals surface area contributed by atoms with E-state index in [1.165, 1.54) is 0 Å². The quantitative estimate of drug-likeness (QED) is 0.262. The lowest BCUT2D eigenvalue weighted by molar-refractivity contribution is 0.480. The van der Waals surface area contributed by atoms with E-state index in [1.54, 1.807) is 6.20 Å². The van der Waals surface area contributed by atoms with Crippen molar-refractivity contribution in [1.29, 1.82) is 0 Å². The van der Waals surface area contributed by atoms with Gasteiger partial charge in [-0.1, -0.05) is 19.9 Å². The fraction of sp³-hybridized carbons (Fsp3) is 0.625. The third-order valence-corrected chi connectivity index (χ3v) is 3.46. The Morgan fingerprint density at radius 3 is 2.50 bits per heavy atom. The van der Waals surface area contributed by atoms with Gasteiger partial charge in [-0.2, -0.15) is 0 Å². The van der Waals surface area contributed by atoms with Gasteiger partial charge in [0.05, 0.1) is 0 Å². The lowest BCUT2D eigenvalue weighted by atomic mass is 10.1. The minimum absolute atomic E-state index is 0. The van der Waals surface area contributed by atoms with Crippen LogP contribution in [-0.2, 0) is 0 Å². The Bertz CT molecular complexity index is 408. The van der Waals surface area contributed by atoms with Gasteiger partial charge in [0.25, 0.3) is 0 Å². The van der Waals surface area contributed by atoms with E-state index in [1.807, 2.05) is 25.2 Å². The average molecular weight is 419 g/mol. The molecule has 126 valence electrons. The summed E-state index contributed by atoms with van der Waals surface area (Å²) >= 11 is 0. The highest BCUT2D eigenvalue weighted by molar-refractivity contribution is 14.0. The summed E-state index contributed by atoms with van der Waals surface area (Å²) in [7, 11) is 1.81. The van der Waals surface area contributed by atoms with E-state index in [0.29, 0.717) is 12.0 Å². The van der Waals surface area contributed by atoms with Crippen molar-refractivity contribution in [1.82, 2.24) is 15.6 Å². The summed E-state index contributed by atoms with van der Waals surface area (Å²) in [5, 5.41) is 10.1. The van der Waals surface area contributed by atoms with Crippen molar-refractivity contribution in [3.8, 4) is 0 Å². The molecule has 0 bridgehead atoms. The molecule has 5 nitrogen and oxygen atoms in total. The van der Waals surface area contributed by atoms with Gasteiger partial charge in [-0.15, -0.1) is 24.0 Å². The number of aromatic nitrogens is 1.